The third-order valence-electron chi connectivity index (χ3n) is 1.38. The number of rotatable bonds is 4. The highest BCUT2D eigenvalue weighted by Crippen LogP contribution is 2.36. The first-order valence-electron chi connectivity index (χ1n) is 3.85. The summed E-state index contributed by atoms with van der Waals surface area (Å²) in [6.07, 6.45) is -10.7. The number of hydrogen-bond acceptors (Lipinski definition) is 1. The Kier molecular flexibility index (Phi) is 3.85. The zero-order chi connectivity index (χ0) is 11.6. The third-order valence-corrected chi connectivity index (χ3v) is 1.38. The molecular formula is C7H13F5NO+. The van der Waals surface area contributed by atoms with Crippen molar-refractivity contribution in [1.29, 1.82) is 0 Å². The molecule has 7 heteroatoms. The Balaban J connectivity index is 4.02. The second-order valence-electron chi connectivity index (χ2n) is 3.88. The summed E-state index contributed by atoms with van der Waals surface area (Å²) in [5, 5.41) is 0. The minimum atomic E-state index is -5.64. The zero-order valence-electron chi connectivity index (χ0n) is 8.16. The minimum Gasteiger partial charge on any atom is -0.329 e. The molecule has 0 aliphatic rings. The summed E-state index contributed by atoms with van der Waals surface area (Å²) in [4.78, 5) is 0. The number of hydrogen-bond donors (Lipinski definition) is 0. The number of nitrogens with zero attached hydrogens (tertiary/aromatic N) is 1. The predicted molar refractivity (Wildman–Crippen MR) is 39.9 cm³/mol. The lowest BCUT2D eigenvalue weighted by Crippen LogP contribution is -2.43. The van der Waals surface area contributed by atoms with E-state index in [1.165, 1.54) is 0 Å². The lowest BCUT2D eigenvalue weighted by Gasteiger charge is -2.25. The first-order chi connectivity index (χ1) is 5.96. The molecule has 0 rings (SSSR count). The van der Waals surface area contributed by atoms with Gasteiger partial charge in [0.15, 0.2) is 0 Å². The van der Waals surface area contributed by atoms with E-state index in [0.717, 1.165) is 0 Å². The van der Waals surface area contributed by atoms with Crippen LogP contribution in [0.5, 0.6) is 0 Å². The molecule has 0 aromatic carbocycles. The van der Waals surface area contributed by atoms with Crippen LogP contribution in [0.3, 0.4) is 0 Å². The molecule has 0 aliphatic carbocycles. The van der Waals surface area contributed by atoms with Gasteiger partial charge in [-0.05, 0) is 0 Å². The highest BCUT2D eigenvalue weighted by molar-refractivity contribution is 4.63. The van der Waals surface area contributed by atoms with Crippen molar-refractivity contribution >= 4 is 0 Å². The van der Waals surface area contributed by atoms with Crippen LogP contribution in [0.4, 0.5) is 22.0 Å². The van der Waals surface area contributed by atoms with Gasteiger partial charge in [0, 0.05) is 0 Å². The van der Waals surface area contributed by atoms with Gasteiger partial charge in [0.2, 0.25) is 0 Å². The van der Waals surface area contributed by atoms with Crippen molar-refractivity contribution in [2.75, 3.05) is 34.3 Å². The maximum absolute atomic E-state index is 12.2. The molecule has 0 aromatic rings. The number of alkyl halides is 5. The largest absolute Gasteiger partial charge is 0.482 e. The molecule has 86 valence electrons. The van der Waals surface area contributed by atoms with Gasteiger partial charge >= 0.3 is 12.3 Å². The molecule has 0 unspecified atom stereocenters. The van der Waals surface area contributed by atoms with E-state index in [9.17, 15) is 22.0 Å². The minimum absolute atomic E-state index is 0.0751. The van der Waals surface area contributed by atoms with E-state index in [-0.39, 0.29) is 11.0 Å². The third kappa shape index (κ3) is 4.71. The molecule has 0 heterocycles. The Morgan fingerprint density at radius 2 is 1.43 bits per heavy atom. The second-order valence-corrected chi connectivity index (χ2v) is 3.88. The van der Waals surface area contributed by atoms with Crippen molar-refractivity contribution in [2.45, 2.75) is 12.3 Å². The van der Waals surface area contributed by atoms with Crippen LogP contribution >= 0.6 is 0 Å². The highest BCUT2D eigenvalue weighted by Gasteiger charge is 2.59. The van der Waals surface area contributed by atoms with Gasteiger partial charge in [-0.1, -0.05) is 0 Å². The van der Waals surface area contributed by atoms with Crippen molar-refractivity contribution in [2.24, 2.45) is 0 Å². The Labute approximate surface area is 78.8 Å². The molecule has 0 saturated carbocycles. The molecule has 0 bridgehead atoms. The van der Waals surface area contributed by atoms with E-state index in [0.29, 0.717) is 0 Å². The highest BCUT2D eigenvalue weighted by atomic mass is 19.4. The summed E-state index contributed by atoms with van der Waals surface area (Å²) in [5.41, 5.74) is 0. The molecule has 0 fully saturated rings. The number of halogens is 5. The van der Waals surface area contributed by atoms with Crippen LogP contribution in [0.25, 0.3) is 0 Å². The molecule has 0 saturated heterocycles. The average molecular weight is 222 g/mol. The smallest absolute Gasteiger partial charge is 0.329 e. The van der Waals surface area contributed by atoms with Crippen molar-refractivity contribution < 1.29 is 31.2 Å². The van der Waals surface area contributed by atoms with Crippen LogP contribution in [0.2, 0.25) is 0 Å². The van der Waals surface area contributed by atoms with Crippen LogP contribution < -0.4 is 0 Å². The van der Waals surface area contributed by atoms with E-state index < -0.39 is 18.9 Å². The first-order valence-corrected chi connectivity index (χ1v) is 3.85. The molecule has 0 amide bonds. The molecule has 0 N–H and O–H groups in total. The Morgan fingerprint density at radius 1 is 1.00 bits per heavy atom. The van der Waals surface area contributed by atoms with Crippen LogP contribution in [0.15, 0.2) is 0 Å². The molecule has 0 spiro atoms. The van der Waals surface area contributed by atoms with Gasteiger partial charge in [-0.25, -0.2) is 0 Å². The standard InChI is InChI=1S/C7H13F5NO/c1-13(2,3)4-5-14-7(11,12)6(8,9)10/h4-5H2,1-3H3/q+1. The normalized spacial score (nSPS) is 14.6. The van der Waals surface area contributed by atoms with Gasteiger partial charge in [-0.15, -0.1) is 0 Å². The van der Waals surface area contributed by atoms with Gasteiger partial charge in [-0.3, -0.25) is 0 Å². The number of ether oxygens (including phenoxy) is 1. The maximum Gasteiger partial charge on any atom is 0.482 e. The Morgan fingerprint density at radius 3 is 1.71 bits per heavy atom. The molecule has 0 aliphatic heterocycles. The van der Waals surface area contributed by atoms with Crippen molar-refractivity contribution in [3.05, 3.63) is 0 Å². The predicted octanol–water partition coefficient (Wildman–Crippen LogP) is 1.86. The molecule has 0 aromatic heterocycles. The fraction of sp³-hybridized carbons (Fsp3) is 1.00. The molecule has 0 atom stereocenters. The SMILES string of the molecule is C[N+](C)(C)CCOC(F)(F)C(F)(F)F. The summed E-state index contributed by atoms with van der Waals surface area (Å²) in [6.45, 7) is -0.568. The second kappa shape index (κ2) is 3.98. The van der Waals surface area contributed by atoms with Crippen LogP contribution in [0, 0.1) is 0 Å². The lowest BCUT2D eigenvalue weighted by molar-refractivity contribution is -0.871. The summed E-state index contributed by atoms with van der Waals surface area (Å²) < 4.78 is 62.8. The quantitative estimate of drug-likeness (QED) is 0.521. The van der Waals surface area contributed by atoms with Crippen LogP contribution in [0.1, 0.15) is 0 Å². The Hall–Kier alpha value is -0.430. The van der Waals surface area contributed by atoms with E-state index in [1.807, 2.05) is 0 Å². The van der Waals surface area contributed by atoms with E-state index >= 15 is 0 Å². The summed E-state index contributed by atoms with van der Waals surface area (Å²) in [6, 6.07) is 0. The van der Waals surface area contributed by atoms with E-state index in [1.54, 1.807) is 21.1 Å². The van der Waals surface area contributed by atoms with Crippen molar-refractivity contribution in [3.63, 3.8) is 0 Å². The zero-order valence-corrected chi connectivity index (χ0v) is 8.16. The molecule has 2 nitrogen and oxygen atoms in total. The van der Waals surface area contributed by atoms with Crippen LogP contribution in [-0.4, -0.2) is 51.1 Å². The van der Waals surface area contributed by atoms with Crippen LogP contribution in [-0.2, 0) is 4.74 Å². The maximum atomic E-state index is 12.2. The van der Waals surface area contributed by atoms with Gasteiger partial charge in [0.05, 0.1) is 21.1 Å². The average Bonchev–Trinajstić information content (AvgIpc) is 1.80. The summed E-state index contributed by atoms with van der Waals surface area (Å²) >= 11 is 0. The topological polar surface area (TPSA) is 9.23 Å². The number of likely N-dealkylation sites (N-methyl/N-ethyl adjacent to an activating group) is 1. The van der Waals surface area contributed by atoms with Gasteiger partial charge in [0.25, 0.3) is 0 Å². The summed E-state index contributed by atoms with van der Waals surface area (Å²) in [7, 11) is 4.99. The fourth-order valence-electron chi connectivity index (χ4n) is 0.530. The molecule has 14 heavy (non-hydrogen) atoms. The monoisotopic (exact) mass is 222 g/mol. The fourth-order valence-corrected chi connectivity index (χ4v) is 0.530. The summed E-state index contributed by atoms with van der Waals surface area (Å²) in [5.74, 6) is 0. The van der Waals surface area contributed by atoms with Gasteiger partial charge in [-0.2, -0.15) is 22.0 Å². The van der Waals surface area contributed by atoms with Crippen molar-refractivity contribution in [3.8, 4) is 0 Å². The van der Waals surface area contributed by atoms with Crippen molar-refractivity contribution in [1.82, 2.24) is 0 Å². The lowest BCUT2D eigenvalue weighted by atomic mass is 10.5. The Bertz CT molecular complexity index is 183. The van der Waals surface area contributed by atoms with Gasteiger partial charge < -0.3 is 9.22 Å². The van der Waals surface area contributed by atoms with E-state index in [4.69, 9.17) is 0 Å². The molecule has 0 radical (unpaired) electrons. The van der Waals surface area contributed by atoms with Gasteiger partial charge in [0.1, 0.15) is 13.2 Å². The van der Waals surface area contributed by atoms with E-state index in [2.05, 4.69) is 4.74 Å². The number of quaternary nitrogens is 1. The molecular weight excluding hydrogens is 209 g/mol. The first kappa shape index (κ1) is 13.6.